The van der Waals surface area contributed by atoms with Gasteiger partial charge in [0.05, 0.1) is 10.7 Å². The van der Waals surface area contributed by atoms with Crippen molar-refractivity contribution in [2.24, 2.45) is 0 Å². The van der Waals surface area contributed by atoms with Crippen molar-refractivity contribution < 1.29 is 9.90 Å². The van der Waals surface area contributed by atoms with E-state index in [4.69, 9.17) is 23.2 Å². The maximum absolute atomic E-state index is 12.2. The number of nitriles is 1. The molecule has 5 nitrogen and oxygen atoms in total. The van der Waals surface area contributed by atoms with Gasteiger partial charge in [-0.25, -0.2) is 0 Å². The number of rotatable bonds is 4. The van der Waals surface area contributed by atoms with Crippen molar-refractivity contribution in [3.63, 3.8) is 0 Å². The fraction of sp³-hybridized carbons (Fsp3) is 0.0588. The van der Waals surface area contributed by atoms with Crippen LogP contribution in [0.3, 0.4) is 0 Å². The van der Waals surface area contributed by atoms with Crippen LogP contribution in [0.1, 0.15) is 5.56 Å². The number of nitrogens with zero attached hydrogens (tertiary/aromatic N) is 1. The number of amides is 1. The zero-order valence-corrected chi connectivity index (χ0v) is 14.1. The summed E-state index contributed by atoms with van der Waals surface area (Å²) < 4.78 is 0. The molecule has 122 valence electrons. The Hall–Kier alpha value is -2.68. The second-order valence-electron chi connectivity index (χ2n) is 4.89. The molecule has 0 spiro atoms. The Kier molecular flexibility index (Phi) is 5.69. The van der Waals surface area contributed by atoms with E-state index < -0.39 is 5.91 Å². The number of hydrogen-bond donors (Lipinski definition) is 3. The quantitative estimate of drug-likeness (QED) is 0.426. The minimum Gasteiger partial charge on any atom is -0.508 e. The zero-order chi connectivity index (χ0) is 17.7. The molecule has 0 radical (unpaired) electrons. The summed E-state index contributed by atoms with van der Waals surface area (Å²) >= 11 is 11.9. The van der Waals surface area contributed by atoms with E-state index in [1.807, 2.05) is 6.07 Å². The predicted molar refractivity (Wildman–Crippen MR) is 95.3 cm³/mol. The van der Waals surface area contributed by atoms with Crippen molar-refractivity contribution in [2.45, 2.75) is 6.92 Å². The number of phenols is 1. The van der Waals surface area contributed by atoms with Gasteiger partial charge in [-0.05, 0) is 48.9 Å². The first-order valence-electron chi connectivity index (χ1n) is 6.83. The fourth-order valence-electron chi connectivity index (χ4n) is 1.88. The van der Waals surface area contributed by atoms with Crippen LogP contribution in [0.4, 0.5) is 11.4 Å². The van der Waals surface area contributed by atoms with Crippen LogP contribution in [0.5, 0.6) is 5.75 Å². The van der Waals surface area contributed by atoms with E-state index in [1.54, 1.807) is 31.2 Å². The van der Waals surface area contributed by atoms with Crippen molar-refractivity contribution in [1.29, 1.82) is 5.26 Å². The molecule has 7 heteroatoms. The maximum atomic E-state index is 12.2. The zero-order valence-electron chi connectivity index (χ0n) is 12.6. The van der Waals surface area contributed by atoms with Gasteiger partial charge in [-0.2, -0.15) is 5.26 Å². The maximum Gasteiger partial charge on any atom is 0.267 e. The van der Waals surface area contributed by atoms with Crippen molar-refractivity contribution in [3.8, 4) is 11.8 Å². The molecule has 0 saturated heterocycles. The molecule has 3 N–H and O–H groups in total. The van der Waals surface area contributed by atoms with Crippen molar-refractivity contribution in [1.82, 2.24) is 0 Å². The first-order valence-corrected chi connectivity index (χ1v) is 7.59. The van der Waals surface area contributed by atoms with E-state index in [-0.39, 0.29) is 11.3 Å². The molecule has 2 aromatic rings. The van der Waals surface area contributed by atoms with Crippen LogP contribution in [0.2, 0.25) is 10.0 Å². The highest BCUT2D eigenvalue weighted by Crippen LogP contribution is 2.25. The average molecular weight is 362 g/mol. The van der Waals surface area contributed by atoms with Crippen LogP contribution in [0.25, 0.3) is 0 Å². The number of hydrogen-bond acceptors (Lipinski definition) is 4. The molecule has 0 saturated carbocycles. The van der Waals surface area contributed by atoms with Gasteiger partial charge >= 0.3 is 0 Å². The summed E-state index contributed by atoms with van der Waals surface area (Å²) in [6, 6.07) is 11.1. The van der Waals surface area contributed by atoms with E-state index in [2.05, 4.69) is 10.6 Å². The summed E-state index contributed by atoms with van der Waals surface area (Å²) in [5.74, 6) is -0.490. The van der Waals surface area contributed by atoms with Crippen LogP contribution < -0.4 is 10.6 Å². The fourth-order valence-corrected chi connectivity index (χ4v) is 2.23. The van der Waals surface area contributed by atoms with Gasteiger partial charge in [0, 0.05) is 16.9 Å². The van der Waals surface area contributed by atoms with E-state index in [0.29, 0.717) is 27.0 Å². The van der Waals surface area contributed by atoms with Crippen molar-refractivity contribution >= 4 is 40.5 Å². The second-order valence-corrected chi connectivity index (χ2v) is 5.74. The molecule has 2 aromatic carbocycles. The van der Waals surface area contributed by atoms with E-state index in [9.17, 15) is 15.2 Å². The number of phenolic OH excluding ortho intramolecular Hbond substituents is 1. The van der Waals surface area contributed by atoms with Gasteiger partial charge in [-0.1, -0.05) is 23.2 Å². The minimum absolute atomic E-state index is 0.0961. The highest BCUT2D eigenvalue weighted by molar-refractivity contribution is 6.35. The summed E-state index contributed by atoms with van der Waals surface area (Å²) in [5, 5.41) is 24.8. The highest BCUT2D eigenvalue weighted by atomic mass is 35.5. The van der Waals surface area contributed by atoms with Crippen molar-refractivity contribution in [3.05, 3.63) is 63.8 Å². The first-order chi connectivity index (χ1) is 11.4. The minimum atomic E-state index is -0.586. The van der Waals surface area contributed by atoms with Gasteiger partial charge < -0.3 is 15.7 Å². The number of benzene rings is 2. The molecule has 0 bridgehead atoms. The molecule has 0 aromatic heterocycles. The smallest absolute Gasteiger partial charge is 0.267 e. The van der Waals surface area contributed by atoms with Gasteiger partial charge in [-0.15, -0.1) is 0 Å². The molecule has 0 heterocycles. The Morgan fingerprint density at radius 2 is 1.96 bits per heavy atom. The van der Waals surface area contributed by atoms with Crippen LogP contribution in [-0.2, 0) is 4.79 Å². The van der Waals surface area contributed by atoms with E-state index >= 15 is 0 Å². The molecule has 0 unspecified atom stereocenters. The molecule has 24 heavy (non-hydrogen) atoms. The molecular formula is C17H13Cl2N3O2. The molecule has 2 rings (SSSR count). The Balaban J connectivity index is 2.16. The van der Waals surface area contributed by atoms with Crippen LogP contribution in [-0.4, -0.2) is 11.0 Å². The van der Waals surface area contributed by atoms with Gasteiger partial charge in [0.25, 0.3) is 5.91 Å². The number of aryl methyl sites for hydroxylation is 1. The number of halogens is 2. The SMILES string of the molecule is Cc1cc(O)ccc1NC(=O)/C(C#N)=C\Nc1cc(Cl)ccc1Cl. The standard InChI is InChI=1S/C17H13Cl2N3O2/c1-10-6-13(23)3-5-15(10)22-17(24)11(8-20)9-21-16-7-12(18)2-4-14(16)19/h2-7,9,21,23H,1H3,(H,22,24)/b11-9-. The topological polar surface area (TPSA) is 85.2 Å². The van der Waals surface area contributed by atoms with Gasteiger partial charge in [0.15, 0.2) is 0 Å². The average Bonchev–Trinajstić information content (AvgIpc) is 2.54. The molecule has 0 fully saturated rings. The van der Waals surface area contributed by atoms with Gasteiger partial charge in [0.1, 0.15) is 17.4 Å². The van der Waals surface area contributed by atoms with E-state index in [0.717, 1.165) is 0 Å². The summed E-state index contributed by atoms with van der Waals surface area (Å²) in [6.07, 6.45) is 1.25. The van der Waals surface area contributed by atoms with Crippen LogP contribution in [0, 0.1) is 18.3 Å². The number of carbonyl (C=O) groups excluding carboxylic acids is 1. The lowest BCUT2D eigenvalue weighted by Crippen LogP contribution is -2.15. The van der Waals surface area contributed by atoms with E-state index in [1.165, 1.54) is 18.3 Å². The number of carbonyl (C=O) groups is 1. The summed E-state index contributed by atoms with van der Waals surface area (Å²) in [5.41, 5.74) is 1.51. The number of nitrogens with one attached hydrogen (secondary N) is 2. The molecule has 0 atom stereocenters. The lowest BCUT2D eigenvalue weighted by Gasteiger charge is -2.09. The number of anilines is 2. The third-order valence-electron chi connectivity index (χ3n) is 3.12. The molecule has 1 amide bonds. The Bertz CT molecular complexity index is 857. The summed E-state index contributed by atoms with van der Waals surface area (Å²) in [6.45, 7) is 1.73. The molecule has 0 aliphatic rings. The van der Waals surface area contributed by atoms with Crippen LogP contribution in [0.15, 0.2) is 48.2 Å². The van der Waals surface area contributed by atoms with Crippen molar-refractivity contribution in [2.75, 3.05) is 10.6 Å². The first kappa shape index (κ1) is 17.7. The highest BCUT2D eigenvalue weighted by Gasteiger charge is 2.11. The van der Waals surface area contributed by atoms with Gasteiger partial charge in [-0.3, -0.25) is 4.79 Å². The molecule has 0 aliphatic heterocycles. The lowest BCUT2D eigenvalue weighted by molar-refractivity contribution is -0.112. The van der Waals surface area contributed by atoms with Gasteiger partial charge in [0.2, 0.25) is 0 Å². The monoisotopic (exact) mass is 361 g/mol. The molecule has 0 aliphatic carbocycles. The Labute approximate surface area is 149 Å². The molecular weight excluding hydrogens is 349 g/mol. The second kappa shape index (κ2) is 7.73. The lowest BCUT2D eigenvalue weighted by atomic mass is 10.2. The Morgan fingerprint density at radius 3 is 2.62 bits per heavy atom. The third-order valence-corrected chi connectivity index (χ3v) is 3.69. The summed E-state index contributed by atoms with van der Waals surface area (Å²) in [7, 11) is 0. The Morgan fingerprint density at radius 1 is 1.21 bits per heavy atom. The normalized spacial score (nSPS) is 10.8. The number of aromatic hydroxyl groups is 1. The third kappa shape index (κ3) is 4.42. The largest absolute Gasteiger partial charge is 0.508 e. The predicted octanol–water partition coefficient (Wildman–Crippen LogP) is 4.47. The summed E-state index contributed by atoms with van der Waals surface area (Å²) in [4.78, 5) is 12.2. The van der Waals surface area contributed by atoms with Crippen LogP contribution >= 0.6 is 23.2 Å².